The molecule has 0 aromatic carbocycles. The van der Waals surface area contributed by atoms with E-state index in [1.807, 2.05) is 0 Å². The van der Waals surface area contributed by atoms with Gasteiger partial charge in [-0.3, -0.25) is 4.90 Å². The van der Waals surface area contributed by atoms with Crippen molar-refractivity contribution in [3.63, 3.8) is 0 Å². The van der Waals surface area contributed by atoms with Crippen LogP contribution in [0.2, 0.25) is 0 Å². The van der Waals surface area contributed by atoms with Crippen molar-refractivity contribution in [3.8, 4) is 0 Å². The summed E-state index contributed by atoms with van der Waals surface area (Å²) in [6.07, 6.45) is 6.73. The molecule has 10 heavy (non-hydrogen) atoms. The summed E-state index contributed by atoms with van der Waals surface area (Å²) in [4.78, 5) is 2.60. The summed E-state index contributed by atoms with van der Waals surface area (Å²) >= 11 is 0. The van der Waals surface area contributed by atoms with Gasteiger partial charge in [0, 0.05) is 19.1 Å². The van der Waals surface area contributed by atoms with Gasteiger partial charge in [0.1, 0.15) is 0 Å². The molecule has 1 nitrogen and oxygen atoms in total. The standard InChI is InChI=1S/C9H16N/c1-8-3-4-9(7-8)10-5-2-6-10/h2,8-9H,3-7H2,1H3. The highest BCUT2D eigenvalue weighted by Gasteiger charge is 2.29. The number of likely N-dealkylation sites (tertiary alicyclic amines) is 1. The predicted octanol–water partition coefficient (Wildman–Crippen LogP) is 1.69. The topological polar surface area (TPSA) is 3.24 Å². The molecule has 1 saturated carbocycles. The number of hydrogen-bond acceptors (Lipinski definition) is 1. The van der Waals surface area contributed by atoms with E-state index in [0.717, 1.165) is 12.0 Å². The van der Waals surface area contributed by atoms with Gasteiger partial charge in [0.15, 0.2) is 0 Å². The minimum absolute atomic E-state index is 0.944. The first-order valence-electron chi connectivity index (χ1n) is 4.42. The van der Waals surface area contributed by atoms with Crippen molar-refractivity contribution >= 4 is 0 Å². The zero-order chi connectivity index (χ0) is 6.97. The third-order valence-corrected chi connectivity index (χ3v) is 2.91. The molecule has 0 aromatic rings. The van der Waals surface area contributed by atoms with Crippen LogP contribution in [0.1, 0.15) is 26.2 Å². The Balaban J connectivity index is 1.82. The summed E-state index contributed by atoms with van der Waals surface area (Å²) in [5, 5.41) is 0. The van der Waals surface area contributed by atoms with Crippen molar-refractivity contribution in [1.29, 1.82) is 0 Å². The summed E-state index contributed by atoms with van der Waals surface area (Å²) in [6.45, 7) is 4.90. The van der Waals surface area contributed by atoms with Gasteiger partial charge in [-0.05, 0) is 31.6 Å². The molecule has 2 atom stereocenters. The maximum Gasteiger partial charge on any atom is 0.00981 e. The molecule has 1 heterocycles. The predicted molar refractivity (Wildman–Crippen MR) is 42.7 cm³/mol. The van der Waals surface area contributed by atoms with E-state index in [4.69, 9.17) is 0 Å². The summed E-state index contributed by atoms with van der Waals surface area (Å²) in [5.74, 6) is 0.991. The van der Waals surface area contributed by atoms with Crippen molar-refractivity contribution in [2.24, 2.45) is 5.92 Å². The minimum Gasteiger partial charge on any atom is -0.300 e. The van der Waals surface area contributed by atoms with E-state index in [0.29, 0.717) is 0 Å². The molecule has 1 aliphatic carbocycles. The average Bonchev–Trinajstić information content (AvgIpc) is 2.10. The molecular weight excluding hydrogens is 122 g/mol. The summed E-state index contributed by atoms with van der Waals surface area (Å²) in [6, 6.07) is 0.944. The Hall–Kier alpha value is -0.0400. The highest BCUT2D eigenvalue weighted by molar-refractivity contribution is 4.93. The highest BCUT2D eigenvalue weighted by Crippen LogP contribution is 2.30. The largest absolute Gasteiger partial charge is 0.300 e. The van der Waals surface area contributed by atoms with Crippen LogP contribution in [-0.4, -0.2) is 24.0 Å². The second kappa shape index (κ2) is 2.54. The molecule has 0 N–H and O–H groups in total. The first-order chi connectivity index (χ1) is 4.86. The van der Waals surface area contributed by atoms with E-state index < -0.39 is 0 Å². The van der Waals surface area contributed by atoms with Gasteiger partial charge in [0.2, 0.25) is 0 Å². The van der Waals surface area contributed by atoms with E-state index in [2.05, 4.69) is 18.2 Å². The molecule has 1 saturated heterocycles. The van der Waals surface area contributed by atoms with Gasteiger partial charge in [-0.15, -0.1) is 0 Å². The molecule has 0 amide bonds. The van der Waals surface area contributed by atoms with Gasteiger partial charge in [-0.25, -0.2) is 0 Å². The maximum absolute atomic E-state index is 2.60. The number of nitrogens with zero attached hydrogens (tertiary/aromatic N) is 1. The van der Waals surface area contributed by atoms with Gasteiger partial charge in [0.05, 0.1) is 0 Å². The Morgan fingerprint density at radius 2 is 2.10 bits per heavy atom. The fourth-order valence-electron chi connectivity index (χ4n) is 2.09. The summed E-state index contributed by atoms with van der Waals surface area (Å²) in [7, 11) is 0. The molecule has 2 unspecified atom stereocenters. The van der Waals surface area contributed by atoms with Crippen LogP contribution in [0.15, 0.2) is 0 Å². The van der Waals surface area contributed by atoms with Crippen LogP contribution in [0.4, 0.5) is 0 Å². The monoisotopic (exact) mass is 138 g/mol. The van der Waals surface area contributed by atoms with Crippen LogP contribution in [-0.2, 0) is 0 Å². The SMILES string of the molecule is CC1CCC(N2C[CH]C2)C1. The Morgan fingerprint density at radius 3 is 2.50 bits per heavy atom. The lowest BCUT2D eigenvalue weighted by atomic mass is 10.1. The molecule has 2 rings (SSSR count). The summed E-state index contributed by atoms with van der Waals surface area (Å²) in [5.41, 5.74) is 0. The Morgan fingerprint density at radius 1 is 1.30 bits per heavy atom. The fraction of sp³-hybridized carbons (Fsp3) is 0.889. The van der Waals surface area contributed by atoms with E-state index >= 15 is 0 Å². The first kappa shape index (κ1) is 6.66. The van der Waals surface area contributed by atoms with Crippen molar-refractivity contribution in [1.82, 2.24) is 4.90 Å². The van der Waals surface area contributed by atoms with Crippen LogP contribution in [0.25, 0.3) is 0 Å². The van der Waals surface area contributed by atoms with Crippen LogP contribution in [0.5, 0.6) is 0 Å². The third-order valence-electron chi connectivity index (χ3n) is 2.91. The van der Waals surface area contributed by atoms with Crippen molar-refractivity contribution < 1.29 is 0 Å². The van der Waals surface area contributed by atoms with E-state index in [1.165, 1.54) is 32.4 Å². The lowest BCUT2D eigenvalue weighted by Crippen LogP contribution is -2.44. The molecule has 0 bridgehead atoms. The third kappa shape index (κ3) is 1.07. The molecule has 1 radical (unpaired) electrons. The second-order valence-corrected chi connectivity index (χ2v) is 3.81. The van der Waals surface area contributed by atoms with Gasteiger partial charge in [0.25, 0.3) is 0 Å². The van der Waals surface area contributed by atoms with Crippen LogP contribution < -0.4 is 0 Å². The van der Waals surface area contributed by atoms with E-state index in [-0.39, 0.29) is 0 Å². The van der Waals surface area contributed by atoms with Crippen LogP contribution in [0, 0.1) is 12.3 Å². The molecule has 0 aromatic heterocycles. The molecule has 2 fully saturated rings. The van der Waals surface area contributed by atoms with Gasteiger partial charge < -0.3 is 0 Å². The Bertz CT molecular complexity index is 118. The molecule has 1 aliphatic heterocycles. The Labute approximate surface area is 63.4 Å². The second-order valence-electron chi connectivity index (χ2n) is 3.81. The first-order valence-corrected chi connectivity index (χ1v) is 4.42. The van der Waals surface area contributed by atoms with Gasteiger partial charge in [-0.1, -0.05) is 6.92 Å². The molecular formula is C9H16N. The van der Waals surface area contributed by atoms with Crippen molar-refractivity contribution in [2.45, 2.75) is 32.2 Å². The van der Waals surface area contributed by atoms with E-state index in [9.17, 15) is 0 Å². The van der Waals surface area contributed by atoms with Gasteiger partial charge in [-0.2, -0.15) is 0 Å². The van der Waals surface area contributed by atoms with E-state index in [1.54, 1.807) is 0 Å². The number of rotatable bonds is 1. The molecule has 0 spiro atoms. The molecule has 2 aliphatic rings. The van der Waals surface area contributed by atoms with Crippen LogP contribution >= 0.6 is 0 Å². The lowest BCUT2D eigenvalue weighted by molar-refractivity contribution is 0.168. The quantitative estimate of drug-likeness (QED) is 0.533. The lowest BCUT2D eigenvalue weighted by Gasteiger charge is -2.36. The smallest absolute Gasteiger partial charge is 0.00981 e. The normalized spacial score (nSPS) is 41.7. The Kier molecular flexibility index (Phi) is 1.69. The van der Waals surface area contributed by atoms with Gasteiger partial charge >= 0.3 is 0 Å². The molecule has 1 heteroatoms. The zero-order valence-electron chi connectivity index (χ0n) is 6.71. The maximum atomic E-state index is 2.60. The zero-order valence-corrected chi connectivity index (χ0v) is 6.71. The number of hydrogen-bond donors (Lipinski definition) is 0. The average molecular weight is 138 g/mol. The van der Waals surface area contributed by atoms with Crippen LogP contribution in [0.3, 0.4) is 0 Å². The highest BCUT2D eigenvalue weighted by atomic mass is 15.2. The fourth-order valence-corrected chi connectivity index (χ4v) is 2.09. The minimum atomic E-state index is 0.944. The molecule has 57 valence electrons. The van der Waals surface area contributed by atoms with Crippen molar-refractivity contribution in [2.75, 3.05) is 13.1 Å². The summed E-state index contributed by atoms with van der Waals surface area (Å²) < 4.78 is 0. The van der Waals surface area contributed by atoms with Crippen molar-refractivity contribution in [3.05, 3.63) is 6.42 Å².